The smallest absolute Gasteiger partial charge is 0.0637 e. The zero-order valence-electron chi connectivity index (χ0n) is 8.41. The Balaban J connectivity index is 1.94. The van der Waals surface area contributed by atoms with Crippen LogP contribution in [0.25, 0.3) is 0 Å². The van der Waals surface area contributed by atoms with Gasteiger partial charge >= 0.3 is 0 Å². The van der Waals surface area contributed by atoms with Crippen molar-refractivity contribution in [2.75, 3.05) is 19.8 Å². The second-order valence-electron chi connectivity index (χ2n) is 4.16. The van der Waals surface area contributed by atoms with E-state index in [0.29, 0.717) is 12.1 Å². The Morgan fingerprint density at radius 2 is 2.15 bits per heavy atom. The molecule has 1 aliphatic heterocycles. The molecule has 0 radical (unpaired) electrons. The fourth-order valence-electron chi connectivity index (χ4n) is 2.25. The van der Waals surface area contributed by atoms with Crippen LogP contribution < -0.4 is 5.73 Å². The average Bonchev–Trinajstić information content (AvgIpc) is 2.93. The van der Waals surface area contributed by atoms with Gasteiger partial charge in [0, 0.05) is 24.7 Å². The molecule has 0 spiro atoms. The molecule has 76 valence electrons. The molecule has 3 nitrogen and oxygen atoms in total. The van der Waals surface area contributed by atoms with E-state index in [4.69, 9.17) is 10.5 Å². The van der Waals surface area contributed by atoms with E-state index in [-0.39, 0.29) is 0 Å². The molecule has 0 aromatic rings. The molecule has 3 heteroatoms. The van der Waals surface area contributed by atoms with Gasteiger partial charge in [-0.2, -0.15) is 0 Å². The minimum absolute atomic E-state index is 0.328. The summed E-state index contributed by atoms with van der Waals surface area (Å²) < 4.78 is 5.49. The van der Waals surface area contributed by atoms with Crippen LogP contribution in [-0.4, -0.2) is 42.8 Å². The molecule has 0 aromatic heterocycles. The van der Waals surface area contributed by atoms with Crippen LogP contribution in [0.2, 0.25) is 0 Å². The molecule has 2 rings (SSSR count). The molecule has 2 unspecified atom stereocenters. The van der Waals surface area contributed by atoms with Crippen molar-refractivity contribution in [3.63, 3.8) is 0 Å². The molecule has 2 fully saturated rings. The van der Waals surface area contributed by atoms with Gasteiger partial charge in [0.05, 0.1) is 6.61 Å². The van der Waals surface area contributed by atoms with Crippen molar-refractivity contribution < 1.29 is 4.74 Å². The summed E-state index contributed by atoms with van der Waals surface area (Å²) in [5.41, 5.74) is 6.10. The van der Waals surface area contributed by atoms with Crippen molar-refractivity contribution in [1.29, 1.82) is 0 Å². The highest BCUT2D eigenvalue weighted by atomic mass is 16.5. The molecule has 0 aromatic carbocycles. The predicted octanol–water partition coefficient (Wildman–Crippen LogP) is 0.587. The van der Waals surface area contributed by atoms with Gasteiger partial charge < -0.3 is 10.5 Å². The molecule has 0 bridgehead atoms. The van der Waals surface area contributed by atoms with Crippen molar-refractivity contribution in [3.05, 3.63) is 0 Å². The van der Waals surface area contributed by atoms with E-state index in [9.17, 15) is 0 Å². The highest BCUT2D eigenvalue weighted by Crippen LogP contribution is 2.30. The normalized spacial score (nSPS) is 35.3. The third kappa shape index (κ3) is 2.03. The molecule has 1 saturated carbocycles. The summed E-state index contributed by atoms with van der Waals surface area (Å²) in [6, 6.07) is 1.61. The number of hydrogen-bond donors (Lipinski definition) is 1. The van der Waals surface area contributed by atoms with Gasteiger partial charge in [0.1, 0.15) is 0 Å². The Bertz CT molecular complexity index is 170. The van der Waals surface area contributed by atoms with Gasteiger partial charge in [0.15, 0.2) is 0 Å². The van der Waals surface area contributed by atoms with E-state index in [1.807, 2.05) is 0 Å². The van der Waals surface area contributed by atoms with Crippen LogP contribution in [-0.2, 0) is 4.74 Å². The van der Waals surface area contributed by atoms with Gasteiger partial charge in [0.2, 0.25) is 0 Å². The van der Waals surface area contributed by atoms with Crippen molar-refractivity contribution in [2.24, 2.45) is 5.73 Å². The molecule has 13 heavy (non-hydrogen) atoms. The van der Waals surface area contributed by atoms with Crippen LogP contribution in [0, 0.1) is 0 Å². The van der Waals surface area contributed by atoms with E-state index < -0.39 is 0 Å². The van der Waals surface area contributed by atoms with Crippen molar-refractivity contribution in [3.8, 4) is 0 Å². The van der Waals surface area contributed by atoms with Gasteiger partial charge in [-0.05, 0) is 25.8 Å². The molecular weight excluding hydrogens is 164 g/mol. The highest BCUT2D eigenvalue weighted by Gasteiger charge is 2.36. The topological polar surface area (TPSA) is 38.5 Å². The summed E-state index contributed by atoms with van der Waals surface area (Å²) in [4.78, 5) is 2.53. The van der Waals surface area contributed by atoms with Crippen molar-refractivity contribution in [2.45, 2.75) is 44.3 Å². The van der Waals surface area contributed by atoms with Gasteiger partial charge in [-0.1, -0.05) is 6.92 Å². The quantitative estimate of drug-likeness (QED) is 0.697. The first-order valence-electron chi connectivity index (χ1n) is 5.42. The summed E-state index contributed by atoms with van der Waals surface area (Å²) in [5.74, 6) is 0. The van der Waals surface area contributed by atoms with Crippen LogP contribution in [0.5, 0.6) is 0 Å². The third-order valence-corrected chi connectivity index (χ3v) is 3.19. The first-order chi connectivity index (χ1) is 6.33. The van der Waals surface area contributed by atoms with Crippen LogP contribution in [0.4, 0.5) is 0 Å². The number of nitrogens with zero attached hydrogens (tertiary/aromatic N) is 1. The maximum atomic E-state index is 6.10. The average molecular weight is 184 g/mol. The SMILES string of the molecule is CCN(C1CC1)C1COCCC1N. The Kier molecular flexibility index (Phi) is 2.86. The summed E-state index contributed by atoms with van der Waals surface area (Å²) in [6.45, 7) is 5.03. The standard InChI is InChI=1S/C10H20N2O/c1-2-12(8-3-4-8)10-7-13-6-5-9(10)11/h8-10H,2-7,11H2,1H3. The van der Waals surface area contributed by atoms with E-state index in [0.717, 1.165) is 32.2 Å². The largest absolute Gasteiger partial charge is 0.380 e. The second-order valence-corrected chi connectivity index (χ2v) is 4.16. The van der Waals surface area contributed by atoms with Crippen LogP contribution in [0.3, 0.4) is 0 Å². The molecule has 2 atom stereocenters. The summed E-state index contributed by atoms with van der Waals surface area (Å²) in [6.07, 6.45) is 3.74. The van der Waals surface area contributed by atoms with Gasteiger partial charge in [-0.3, -0.25) is 4.90 Å². The lowest BCUT2D eigenvalue weighted by Crippen LogP contribution is -2.54. The lowest BCUT2D eigenvalue weighted by Gasteiger charge is -2.37. The summed E-state index contributed by atoms with van der Waals surface area (Å²) in [7, 11) is 0. The van der Waals surface area contributed by atoms with Crippen LogP contribution >= 0.6 is 0 Å². The first kappa shape index (κ1) is 9.44. The Morgan fingerprint density at radius 1 is 1.38 bits per heavy atom. The molecule has 1 saturated heterocycles. The van der Waals surface area contributed by atoms with Crippen molar-refractivity contribution in [1.82, 2.24) is 4.90 Å². The number of hydrogen-bond acceptors (Lipinski definition) is 3. The Labute approximate surface area is 80.2 Å². The molecule has 1 heterocycles. The summed E-state index contributed by atoms with van der Waals surface area (Å²) in [5, 5.41) is 0. The Hall–Kier alpha value is -0.120. The number of nitrogens with two attached hydrogens (primary N) is 1. The van der Waals surface area contributed by atoms with Gasteiger partial charge in [0.25, 0.3) is 0 Å². The maximum absolute atomic E-state index is 6.10. The fraction of sp³-hybridized carbons (Fsp3) is 1.00. The van der Waals surface area contributed by atoms with E-state index in [1.165, 1.54) is 12.8 Å². The highest BCUT2D eigenvalue weighted by molar-refractivity contribution is 4.93. The monoisotopic (exact) mass is 184 g/mol. The maximum Gasteiger partial charge on any atom is 0.0637 e. The molecule has 2 N–H and O–H groups in total. The first-order valence-corrected chi connectivity index (χ1v) is 5.42. The molecular formula is C10H20N2O. The number of likely N-dealkylation sites (N-methyl/N-ethyl adjacent to an activating group) is 1. The second kappa shape index (κ2) is 3.95. The zero-order chi connectivity index (χ0) is 9.26. The predicted molar refractivity (Wildman–Crippen MR) is 52.6 cm³/mol. The van der Waals surface area contributed by atoms with Gasteiger partial charge in [-0.25, -0.2) is 0 Å². The molecule has 0 amide bonds. The summed E-state index contributed by atoms with van der Waals surface area (Å²) >= 11 is 0. The van der Waals surface area contributed by atoms with Crippen molar-refractivity contribution >= 4 is 0 Å². The number of rotatable bonds is 3. The lowest BCUT2D eigenvalue weighted by molar-refractivity contribution is 0.00438. The Morgan fingerprint density at radius 3 is 2.69 bits per heavy atom. The minimum Gasteiger partial charge on any atom is -0.380 e. The van der Waals surface area contributed by atoms with E-state index in [1.54, 1.807) is 0 Å². The number of ether oxygens (including phenoxy) is 1. The lowest BCUT2D eigenvalue weighted by atomic mass is 10.0. The van der Waals surface area contributed by atoms with Gasteiger partial charge in [-0.15, -0.1) is 0 Å². The van der Waals surface area contributed by atoms with Crippen LogP contribution in [0.15, 0.2) is 0 Å². The van der Waals surface area contributed by atoms with E-state index >= 15 is 0 Å². The zero-order valence-corrected chi connectivity index (χ0v) is 8.41. The molecule has 1 aliphatic carbocycles. The third-order valence-electron chi connectivity index (χ3n) is 3.19. The van der Waals surface area contributed by atoms with Crippen LogP contribution in [0.1, 0.15) is 26.2 Å². The fourth-order valence-corrected chi connectivity index (χ4v) is 2.25. The van der Waals surface area contributed by atoms with E-state index in [2.05, 4.69) is 11.8 Å². The minimum atomic E-state index is 0.328. The molecule has 2 aliphatic rings.